The van der Waals surface area contributed by atoms with Gasteiger partial charge in [-0.15, -0.1) is 6.58 Å². The number of hydrogen-bond acceptors (Lipinski definition) is 3. The summed E-state index contributed by atoms with van der Waals surface area (Å²) in [5, 5.41) is 13.3. The predicted molar refractivity (Wildman–Crippen MR) is 74.8 cm³/mol. The van der Waals surface area contributed by atoms with Crippen LogP contribution in [0.25, 0.3) is 0 Å². The standard InChI is InChI=1S/C15H21FN2O/c1-3-4-14(18-7-5-17-6-8-18)12-9-11(2)10-13(16)15(12)19/h3,9-10,14,17,19H,1,4-8H2,2H3/t14-/m1/s1. The van der Waals surface area contributed by atoms with Gasteiger partial charge in [-0.25, -0.2) is 4.39 Å². The van der Waals surface area contributed by atoms with Gasteiger partial charge in [0.05, 0.1) is 0 Å². The molecule has 1 saturated heterocycles. The van der Waals surface area contributed by atoms with Gasteiger partial charge in [-0.2, -0.15) is 0 Å². The summed E-state index contributed by atoms with van der Waals surface area (Å²) in [6.07, 6.45) is 2.53. The average Bonchev–Trinajstić information content (AvgIpc) is 2.41. The van der Waals surface area contributed by atoms with Gasteiger partial charge >= 0.3 is 0 Å². The van der Waals surface area contributed by atoms with Crippen molar-refractivity contribution < 1.29 is 9.50 Å². The Morgan fingerprint density at radius 1 is 1.47 bits per heavy atom. The van der Waals surface area contributed by atoms with Crippen LogP contribution in [0, 0.1) is 12.7 Å². The minimum absolute atomic E-state index is 0.00556. The van der Waals surface area contributed by atoms with Gasteiger partial charge in [0.1, 0.15) is 0 Å². The molecule has 4 heteroatoms. The third kappa shape index (κ3) is 3.14. The van der Waals surface area contributed by atoms with Crippen molar-refractivity contribution in [3.05, 3.63) is 41.7 Å². The molecular formula is C15H21FN2O. The lowest BCUT2D eigenvalue weighted by Gasteiger charge is -2.35. The zero-order valence-corrected chi connectivity index (χ0v) is 11.3. The van der Waals surface area contributed by atoms with Crippen LogP contribution in [0.3, 0.4) is 0 Å². The fourth-order valence-electron chi connectivity index (χ4n) is 2.64. The molecule has 0 radical (unpaired) electrons. The highest BCUT2D eigenvalue weighted by Gasteiger charge is 2.24. The zero-order valence-electron chi connectivity index (χ0n) is 11.3. The van der Waals surface area contributed by atoms with Gasteiger partial charge in [0, 0.05) is 37.8 Å². The molecule has 19 heavy (non-hydrogen) atoms. The molecule has 104 valence electrons. The molecule has 0 unspecified atom stereocenters. The van der Waals surface area contributed by atoms with Gasteiger partial charge in [-0.3, -0.25) is 4.90 Å². The Balaban J connectivity index is 2.34. The first-order chi connectivity index (χ1) is 9.13. The van der Waals surface area contributed by atoms with E-state index in [-0.39, 0.29) is 11.8 Å². The van der Waals surface area contributed by atoms with Crippen LogP contribution in [0.2, 0.25) is 0 Å². The number of nitrogens with zero attached hydrogens (tertiary/aromatic N) is 1. The predicted octanol–water partition coefficient (Wildman–Crippen LogP) is 2.36. The second-order valence-corrected chi connectivity index (χ2v) is 5.01. The van der Waals surface area contributed by atoms with Crippen LogP contribution in [0.15, 0.2) is 24.8 Å². The summed E-state index contributed by atoms with van der Waals surface area (Å²) in [5.74, 6) is -0.768. The fourth-order valence-corrected chi connectivity index (χ4v) is 2.64. The molecule has 1 aromatic carbocycles. The molecule has 0 saturated carbocycles. The summed E-state index contributed by atoms with van der Waals surface area (Å²) in [5.41, 5.74) is 1.49. The van der Waals surface area contributed by atoms with Crippen molar-refractivity contribution >= 4 is 0 Å². The van der Waals surface area contributed by atoms with Gasteiger partial charge in [0.2, 0.25) is 0 Å². The van der Waals surface area contributed by atoms with E-state index in [0.717, 1.165) is 31.7 Å². The van der Waals surface area contributed by atoms with Crippen LogP contribution in [0.4, 0.5) is 4.39 Å². The van der Waals surface area contributed by atoms with E-state index in [1.165, 1.54) is 6.07 Å². The van der Waals surface area contributed by atoms with E-state index >= 15 is 0 Å². The Kier molecular flexibility index (Phi) is 4.56. The summed E-state index contributed by atoms with van der Waals surface area (Å²) >= 11 is 0. The lowest BCUT2D eigenvalue weighted by Crippen LogP contribution is -2.45. The summed E-state index contributed by atoms with van der Waals surface area (Å²) < 4.78 is 13.7. The van der Waals surface area contributed by atoms with E-state index in [9.17, 15) is 9.50 Å². The SMILES string of the molecule is C=CC[C@H](c1cc(C)cc(F)c1O)N1CCNCC1. The van der Waals surface area contributed by atoms with Crippen molar-refractivity contribution in [3.8, 4) is 5.75 Å². The highest BCUT2D eigenvalue weighted by atomic mass is 19.1. The molecule has 1 aromatic rings. The normalized spacial score (nSPS) is 18.2. The number of hydrogen-bond donors (Lipinski definition) is 2. The first kappa shape index (κ1) is 14.0. The molecule has 3 nitrogen and oxygen atoms in total. The summed E-state index contributed by atoms with van der Waals surface area (Å²) in [7, 11) is 0. The quantitative estimate of drug-likeness (QED) is 0.820. The highest BCUT2D eigenvalue weighted by molar-refractivity contribution is 5.39. The molecule has 1 heterocycles. The summed E-state index contributed by atoms with van der Waals surface area (Å²) in [6, 6.07) is 3.23. The molecule has 0 spiro atoms. The minimum Gasteiger partial charge on any atom is -0.505 e. The van der Waals surface area contributed by atoms with Gasteiger partial charge in [0.15, 0.2) is 11.6 Å². The number of nitrogens with one attached hydrogen (secondary N) is 1. The van der Waals surface area contributed by atoms with Crippen LogP contribution in [0.1, 0.15) is 23.6 Å². The van der Waals surface area contributed by atoms with Gasteiger partial charge in [-0.05, 0) is 25.0 Å². The Morgan fingerprint density at radius 3 is 2.79 bits per heavy atom. The largest absolute Gasteiger partial charge is 0.505 e. The number of phenolic OH excluding ortho intramolecular Hbond substituents is 1. The van der Waals surface area contributed by atoms with Crippen molar-refractivity contribution in [1.82, 2.24) is 10.2 Å². The number of rotatable bonds is 4. The third-order valence-electron chi connectivity index (χ3n) is 3.58. The maximum absolute atomic E-state index is 13.7. The fraction of sp³-hybridized carbons (Fsp3) is 0.467. The molecule has 0 bridgehead atoms. The van der Waals surface area contributed by atoms with E-state index in [4.69, 9.17) is 0 Å². The summed E-state index contributed by atoms with van der Waals surface area (Å²) in [4.78, 5) is 2.27. The van der Waals surface area contributed by atoms with Crippen LogP contribution >= 0.6 is 0 Å². The molecule has 2 rings (SSSR count). The number of phenols is 1. The lowest BCUT2D eigenvalue weighted by molar-refractivity contribution is 0.171. The Hall–Kier alpha value is -1.39. The third-order valence-corrected chi connectivity index (χ3v) is 3.58. The van der Waals surface area contributed by atoms with Gasteiger partial charge in [0.25, 0.3) is 0 Å². The van der Waals surface area contributed by atoms with Crippen molar-refractivity contribution in [1.29, 1.82) is 0 Å². The summed E-state index contributed by atoms with van der Waals surface area (Å²) in [6.45, 7) is 9.25. The second-order valence-electron chi connectivity index (χ2n) is 5.01. The first-order valence-corrected chi connectivity index (χ1v) is 6.68. The van der Waals surface area contributed by atoms with Crippen LogP contribution < -0.4 is 5.32 Å². The van der Waals surface area contributed by atoms with Crippen molar-refractivity contribution in [2.75, 3.05) is 26.2 Å². The average molecular weight is 264 g/mol. The van der Waals surface area contributed by atoms with Crippen molar-refractivity contribution in [3.63, 3.8) is 0 Å². The van der Waals surface area contributed by atoms with E-state index in [2.05, 4.69) is 16.8 Å². The Bertz CT molecular complexity index is 456. The van der Waals surface area contributed by atoms with E-state index in [1.807, 2.05) is 19.1 Å². The Morgan fingerprint density at radius 2 is 2.16 bits per heavy atom. The smallest absolute Gasteiger partial charge is 0.165 e. The molecule has 0 aliphatic carbocycles. The maximum atomic E-state index is 13.7. The lowest BCUT2D eigenvalue weighted by atomic mass is 9.98. The molecule has 0 amide bonds. The number of piperazine rings is 1. The molecule has 1 aliphatic heterocycles. The maximum Gasteiger partial charge on any atom is 0.165 e. The van der Waals surface area contributed by atoms with Crippen LogP contribution in [0.5, 0.6) is 5.75 Å². The minimum atomic E-state index is -0.542. The molecule has 1 fully saturated rings. The monoisotopic (exact) mass is 264 g/mol. The molecule has 1 atom stereocenters. The zero-order chi connectivity index (χ0) is 13.8. The molecule has 2 N–H and O–H groups in total. The molecule has 0 aromatic heterocycles. The van der Waals surface area contributed by atoms with Gasteiger partial charge in [-0.1, -0.05) is 12.1 Å². The molecule has 1 aliphatic rings. The number of aromatic hydroxyl groups is 1. The number of halogens is 1. The second kappa shape index (κ2) is 6.17. The molecular weight excluding hydrogens is 243 g/mol. The topological polar surface area (TPSA) is 35.5 Å². The number of benzene rings is 1. The Labute approximate surface area is 113 Å². The highest BCUT2D eigenvalue weighted by Crippen LogP contribution is 2.34. The van der Waals surface area contributed by atoms with Crippen LogP contribution in [-0.4, -0.2) is 36.2 Å². The number of aryl methyl sites for hydroxylation is 1. The van der Waals surface area contributed by atoms with Crippen LogP contribution in [-0.2, 0) is 0 Å². The van der Waals surface area contributed by atoms with E-state index < -0.39 is 5.82 Å². The van der Waals surface area contributed by atoms with Crippen molar-refractivity contribution in [2.24, 2.45) is 0 Å². The van der Waals surface area contributed by atoms with E-state index in [1.54, 1.807) is 0 Å². The first-order valence-electron chi connectivity index (χ1n) is 6.68. The van der Waals surface area contributed by atoms with E-state index in [0.29, 0.717) is 12.0 Å². The van der Waals surface area contributed by atoms with Gasteiger partial charge < -0.3 is 10.4 Å². The van der Waals surface area contributed by atoms with Crippen molar-refractivity contribution in [2.45, 2.75) is 19.4 Å².